The minimum Gasteiger partial charge on any atom is -0.389 e. The van der Waals surface area contributed by atoms with Crippen molar-refractivity contribution in [3.63, 3.8) is 0 Å². The number of hydrogen-bond acceptors (Lipinski definition) is 10. The second kappa shape index (κ2) is 10.6. The van der Waals surface area contributed by atoms with Gasteiger partial charge in [-0.05, 0) is 45.2 Å². The maximum atomic E-state index is 12.9. The molecule has 1 aliphatic rings. The summed E-state index contributed by atoms with van der Waals surface area (Å²) in [6.07, 6.45) is 7.86. The van der Waals surface area contributed by atoms with Crippen molar-refractivity contribution in [3.8, 4) is 5.88 Å². The largest absolute Gasteiger partial charge is 0.418 e. The van der Waals surface area contributed by atoms with Crippen molar-refractivity contribution in [1.82, 2.24) is 30.2 Å². The second-order valence-corrected chi connectivity index (χ2v) is 9.04. The molecule has 2 amide bonds. The number of aryl methyl sites for hydroxylation is 1. The highest BCUT2D eigenvalue weighted by Gasteiger charge is 2.27. The zero-order chi connectivity index (χ0) is 25.7. The number of nitrogens with one attached hydrogen (secondary N) is 3. The fraction of sp³-hybridized carbons (Fsp3) is 0.375. The van der Waals surface area contributed by atoms with E-state index in [-0.39, 0.29) is 35.5 Å². The third-order valence-corrected chi connectivity index (χ3v) is 5.22. The molecule has 0 aliphatic heterocycles. The van der Waals surface area contributed by atoms with Gasteiger partial charge in [0.2, 0.25) is 0 Å². The number of amides is 2. The highest BCUT2D eigenvalue weighted by Crippen LogP contribution is 2.40. The van der Waals surface area contributed by atoms with Gasteiger partial charge in [0.1, 0.15) is 6.33 Å². The minimum atomic E-state index is -1.11. The van der Waals surface area contributed by atoms with Crippen LogP contribution < -0.4 is 20.7 Å². The molecule has 0 atom stereocenters. The van der Waals surface area contributed by atoms with Gasteiger partial charge in [0, 0.05) is 18.2 Å². The molecule has 0 unspecified atom stereocenters. The van der Waals surface area contributed by atoms with E-state index in [9.17, 15) is 14.7 Å². The summed E-state index contributed by atoms with van der Waals surface area (Å²) >= 11 is 0. The number of aliphatic hydroxyl groups is 1. The van der Waals surface area contributed by atoms with Gasteiger partial charge in [0.15, 0.2) is 11.5 Å². The molecule has 188 valence electrons. The van der Waals surface area contributed by atoms with Crippen LogP contribution in [0.5, 0.6) is 5.88 Å². The zero-order valence-corrected chi connectivity index (χ0v) is 20.3. The van der Waals surface area contributed by atoms with Crippen LogP contribution in [0, 0.1) is 0 Å². The summed E-state index contributed by atoms with van der Waals surface area (Å²) in [5.41, 5.74) is 0.996. The number of pyridine rings is 1. The van der Waals surface area contributed by atoms with Gasteiger partial charge >= 0.3 is 6.09 Å². The summed E-state index contributed by atoms with van der Waals surface area (Å²) in [4.78, 5) is 46.8. The maximum Gasteiger partial charge on any atom is 0.418 e. The smallest absolute Gasteiger partial charge is 0.389 e. The Labute approximate surface area is 208 Å². The molecular weight excluding hydrogens is 464 g/mol. The third-order valence-electron chi connectivity index (χ3n) is 5.22. The lowest BCUT2D eigenvalue weighted by molar-refractivity contribution is 0.0692. The molecule has 0 saturated heterocycles. The second-order valence-electron chi connectivity index (χ2n) is 9.04. The van der Waals surface area contributed by atoms with Crippen LogP contribution in [0.1, 0.15) is 61.4 Å². The molecule has 4 N–H and O–H groups in total. The zero-order valence-electron chi connectivity index (χ0n) is 20.3. The molecule has 1 fully saturated rings. The quantitative estimate of drug-likeness (QED) is 0.349. The lowest BCUT2D eigenvalue weighted by Gasteiger charge is -2.18. The molecule has 12 heteroatoms. The van der Waals surface area contributed by atoms with Crippen LogP contribution in [-0.4, -0.2) is 54.2 Å². The summed E-state index contributed by atoms with van der Waals surface area (Å²) in [7, 11) is 0. The number of carbonyl (C=O) groups excluding carboxylic acids is 2. The molecule has 3 aromatic heterocycles. The summed E-state index contributed by atoms with van der Waals surface area (Å²) in [5.74, 6) is -0.0579. The molecule has 4 rings (SSSR count). The first-order valence-electron chi connectivity index (χ1n) is 11.6. The van der Waals surface area contributed by atoms with E-state index < -0.39 is 17.6 Å². The summed E-state index contributed by atoms with van der Waals surface area (Å²) in [5, 5.41) is 18.1. The van der Waals surface area contributed by atoms with Crippen molar-refractivity contribution in [2.24, 2.45) is 0 Å². The van der Waals surface area contributed by atoms with Crippen molar-refractivity contribution in [1.29, 1.82) is 0 Å². The first kappa shape index (κ1) is 24.9. The van der Waals surface area contributed by atoms with Gasteiger partial charge in [-0.15, -0.1) is 0 Å². The Morgan fingerprint density at radius 2 is 1.89 bits per heavy atom. The number of hydrogen-bond donors (Lipinski definition) is 4. The average Bonchev–Trinajstić information content (AvgIpc) is 3.70. The molecule has 1 aliphatic carbocycles. The summed E-state index contributed by atoms with van der Waals surface area (Å²) < 4.78 is 5.52. The van der Waals surface area contributed by atoms with E-state index in [2.05, 4.69) is 40.9 Å². The standard InChI is InChI=1S/C24H28N8O4/c1-4-15-7-8-17(19(29-15)21(33)28-12-24(2,3)35)32-23(34)36-22-20(30-16-9-25-13-26-10-16)27-11-18(31-22)14-5-6-14/h7-11,13-14,35H,4-6,12H2,1-3H3,(H,27,30)(H,28,33)(H,32,34). The molecule has 0 aromatic carbocycles. The molecule has 1 saturated carbocycles. The van der Waals surface area contributed by atoms with Crippen LogP contribution in [0.3, 0.4) is 0 Å². The lowest BCUT2D eigenvalue weighted by Crippen LogP contribution is -2.39. The molecule has 0 spiro atoms. The highest BCUT2D eigenvalue weighted by molar-refractivity contribution is 6.01. The number of rotatable bonds is 9. The lowest BCUT2D eigenvalue weighted by atomic mass is 10.1. The third kappa shape index (κ3) is 6.69. The van der Waals surface area contributed by atoms with Gasteiger partial charge in [0.25, 0.3) is 11.8 Å². The molecule has 12 nitrogen and oxygen atoms in total. The number of nitrogens with zero attached hydrogens (tertiary/aromatic N) is 5. The van der Waals surface area contributed by atoms with Crippen molar-refractivity contribution < 1.29 is 19.4 Å². The fourth-order valence-corrected chi connectivity index (χ4v) is 3.19. The Morgan fingerprint density at radius 3 is 2.56 bits per heavy atom. The van der Waals surface area contributed by atoms with Crippen LogP contribution >= 0.6 is 0 Å². The van der Waals surface area contributed by atoms with E-state index in [0.717, 1.165) is 18.5 Å². The van der Waals surface area contributed by atoms with Crippen LogP contribution in [0.15, 0.2) is 37.1 Å². The minimum absolute atomic E-state index is 0.00754. The van der Waals surface area contributed by atoms with Gasteiger partial charge < -0.3 is 20.5 Å². The average molecular weight is 493 g/mol. The molecule has 0 bridgehead atoms. The van der Waals surface area contributed by atoms with Gasteiger partial charge in [0.05, 0.1) is 41.3 Å². The SMILES string of the molecule is CCc1ccc(NC(=O)Oc2nc(C3CC3)cnc2Nc2cncnc2)c(C(=O)NCC(C)(C)O)n1. The number of anilines is 3. The van der Waals surface area contributed by atoms with Gasteiger partial charge in [-0.1, -0.05) is 6.92 Å². The van der Waals surface area contributed by atoms with Crippen molar-refractivity contribution in [2.75, 3.05) is 17.2 Å². The Bertz CT molecular complexity index is 1240. The maximum absolute atomic E-state index is 12.9. The number of aromatic nitrogens is 5. The van der Waals surface area contributed by atoms with Crippen LogP contribution in [-0.2, 0) is 6.42 Å². The van der Waals surface area contributed by atoms with Crippen LogP contribution in [0.4, 0.5) is 22.0 Å². The molecular formula is C24H28N8O4. The topological polar surface area (TPSA) is 164 Å². The predicted octanol–water partition coefficient (Wildman–Crippen LogP) is 2.96. The van der Waals surface area contributed by atoms with Crippen molar-refractivity contribution in [3.05, 3.63) is 54.1 Å². The Balaban J connectivity index is 1.55. The summed E-state index contributed by atoms with van der Waals surface area (Å²) in [6, 6.07) is 3.29. The van der Waals surface area contributed by atoms with Crippen molar-refractivity contribution in [2.45, 2.75) is 51.6 Å². The molecule has 3 aromatic rings. The van der Waals surface area contributed by atoms with Crippen molar-refractivity contribution >= 4 is 29.2 Å². The van der Waals surface area contributed by atoms with Gasteiger partial charge in [-0.25, -0.2) is 29.7 Å². The number of ether oxygens (including phenoxy) is 1. The highest BCUT2D eigenvalue weighted by atomic mass is 16.6. The fourth-order valence-electron chi connectivity index (χ4n) is 3.19. The van der Waals surface area contributed by atoms with E-state index in [1.165, 1.54) is 6.33 Å². The van der Waals surface area contributed by atoms with E-state index in [1.54, 1.807) is 44.6 Å². The van der Waals surface area contributed by atoms with Crippen LogP contribution in [0.2, 0.25) is 0 Å². The van der Waals surface area contributed by atoms with Crippen LogP contribution in [0.25, 0.3) is 0 Å². The van der Waals surface area contributed by atoms with E-state index in [1.807, 2.05) is 6.92 Å². The Kier molecular flexibility index (Phi) is 7.34. The van der Waals surface area contributed by atoms with Gasteiger partial charge in [-0.3, -0.25) is 10.1 Å². The monoisotopic (exact) mass is 492 g/mol. The number of carbonyl (C=O) groups is 2. The first-order chi connectivity index (χ1) is 17.2. The first-order valence-corrected chi connectivity index (χ1v) is 11.6. The van der Waals surface area contributed by atoms with Gasteiger partial charge in [-0.2, -0.15) is 0 Å². The summed E-state index contributed by atoms with van der Waals surface area (Å²) in [6.45, 7) is 5.06. The molecule has 36 heavy (non-hydrogen) atoms. The van der Waals surface area contributed by atoms with E-state index >= 15 is 0 Å². The normalized spacial score (nSPS) is 13.1. The van der Waals surface area contributed by atoms with E-state index in [4.69, 9.17) is 4.74 Å². The Hall–Kier alpha value is -4.19. The molecule has 3 heterocycles. The Morgan fingerprint density at radius 1 is 1.14 bits per heavy atom. The predicted molar refractivity (Wildman–Crippen MR) is 131 cm³/mol. The van der Waals surface area contributed by atoms with E-state index in [0.29, 0.717) is 17.8 Å². The molecule has 0 radical (unpaired) electrons.